The van der Waals surface area contributed by atoms with Gasteiger partial charge in [0.2, 0.25) is 5.91 Å². The quantitative estimate of drug-likeness (QED) is 0.886. The monoisotopic (exact) mass is 329 g/mol. The zero-order chi connectivity index (χ0) is 17.9. The summed E-state index contributed by atoms with van der Waals surface area (Å²) in [4.78, 5) is 12.5. The van der Waals surface area contributed by atoms with Crippen molar-refractivity contribution in [3.8, 4) is 5.75 Å². The van der Waals surface area contributed by atoms with Gasteiger partial charge in [-0.3, -0.25) is 9.48 Å². The molecule has 1 N–H and O–H groups in total. The van der Waals surface area contributed by atoms with E-state index in [0.717, 1.165) is 28.3 Å². The minimum Gasteiger partial charge on any atom is -0.491 e. The highest BCUT2D eigenvalue weighted by atomic mass is 16.5. The third kappa shape index (κ3) is 3.96. The number of carbonyl (C=O) groups is 1. The summed E-state index contributed by atoms with van der Waals surface area (Å²) in [6.45, 7) is 10.2. The number of amides is 1. The molecular formula is C19H27N3O2. The minimum atomic E-state index is -0.236. The van der Waals surface area contributed by atoms with E-state index in [4.69, 9.17) is 4.74 Å². The highest BCUT2D eigenvalue weighted by Gasteiger charge is 2.23. The molecule has 0 radical (unpaired) electrons. The fourth-order valence-electron chi connectivity index (χ4n) is 2.89. The summed E-state index contributed by atoms with van der Waals surface area (Å²) >= 11 is 0. The first kappa shape index (κ1) is 18.0. The van der Waals surface area contributed by atoms with Crippen LogP contribution < -0.4 is 10.1 Å². The van der Waals surface area contributed by atoms with Crippen LogP contribution in [0.2, 0.25) is 0 Å². The van der Waals surface area contributed by atoms with Gasteiger partial charge in [-0.1, -0.05) is 18.2 Å². The third-order valence-electron chi connectivity index (χ3n) is 4.36. The standard InChI is InChI=1S/C19H27N3O2/c1-12-9-7-8-10-17(12)24-11-13(2)20-19(23)14(3)18-15(4)21-22(6)16(18)5/h7-10,13-14H,11H2,1-6H3,(H,20,23). The molecule has 0 spiro atoms. The topological polar surface area (TPSA) is 56.1 Å². The molecule has 0 saturated heterocycles. The molecule has 0 aliphatic carbocycles. The molecule has 0 saturated carbocycles. The van der Waals surface area contributed by atoms with Gasteiger partial charge in [0.05, 0.1) is 17.7 Å². The molecule has 0 aliphatic heterocycles. The summed E-state index contributed by atoms with van der Waals surface area (Å²) in [7, 11) is 1.90. The normalized spacial score (nSPS) is 13.4. The second-order valence-corrected chi connectivity index (χ2v) is 6.42. The van der Waals surface area contributed by atoms with Gasteiger partial charge in [0, 0.05) is 18.3 Å². The predicted molar refractivity (Wildman–Crippen MR) is 95.4 cm³/mol. The molecule has 1 aromatic carbocycles. The molecule has 130 valence electrons. The van der Waals surface area contributed by atoms with E-state index in [0.29, 0.717) is 6.61 Å². The molecule has 1 heterocycles. The van der Waals surface area contributed by atoms with Gasteiger partial charge in [0.15, 0.2) is 0 Å². The molecule has 0 aliphatic rings. The zero-order valence-corrected chi connectivity index (χ0v) is 15.4. The van der Waals surface area contributed by atoms with Crippen LogP contribution in [0.4, 0.5) is 0 Å². The Bertz CT molecular complexity index is 721. The Morgan fingerprint density at radius 1 is 1.25 bits per heavy atom. The molecule has 24 heavy (non-hydrogen) atoms. The Balaban J connectivity index is 1.95. The number of benzene rings is 1. The van der Waals surface area contributed by atoms with E-state index in [9.17, 15) is 4.79 Å². The van der Waals surface area contributed by atoms with Crippen molar-refractivity contribution in [1.82, 2.24) is 15.1 Å². The van der Waals surface area contributed by atoms with E-state index in [2.05, 4.69) is 10.4 Å². The van der Waals surface area contributed by atoms with E-state index in [1.807, 2.05) is 70.6 Å². The van der Waals surface area contributed by atoms with Crippen molar-refractivity contribution in [2.75, 3.05) is 6.61 Å². The van der Waals surface area contributed by atoms with E-state index < -0.39 is 0 Å². The van der Waals surface area contributed by atoms with Crippen LogP contribution >= 0.6 is 0 Å². The number of para-hydroxylation sites is 1. The van der Waals surface area contributed by atoms with Gasteiger partial charge in [-0.25, -0.2) is 0 Å². The number of nitrogens with zero attached hydrogens (tertiary/aromatic N) is 2. The van der Waals surface area contributed by atoms with Gasteiger partial charge >= 0.3 is 0 Å². The lowest BCUT2D eigenvalue weighted by Crippen LogP contribution is -2.39. The van der Waals surface area contributed by atoms with Gasteiger partial charge < -0.3 is 10.1 Å². The summed E-state index contributed by atoms with van der Waals surface area (Å²) in [5.41, 5.74) is 4.02. The van der Waals surface area contributed by atoms with Crippen molar-refractivity contribution in [3.63, 3.8) is 0 Å². The Kier molecular flexibility index (Phi) is 5.65. The van der Waals surface area contributed by atoms with Crippen LogP contribution in [0.15, 0.2) is 24.3 Å². The molecule has 5 nitrogen and oxygen atoms in total. The van der Waals surface area contributed by atoms with Crippen molar-refractivity contribution in [2.24, 2.45) is 7.05 Å². The average molecular weight is 329 g/mol. The van der Waals surface area contributed by atoms with Gasteiger partial charge in [0.25, 0.3) is 0 Å². The summed E-state index contributed by atoms with van der Waals surface area (Å²) in [6, 6.07) is 7.80. The molecule has 1 amide bonds. The lowest BCUT2D eigenvalue weighted by atomic mass is 9.98. The number of rotatable bonds is 6. The predicted octanol–water partition coefficient (Wildman–Crippen LogP) is 3.03. The molecular weight excluding hydrogens is 302 g/mol. The lowest BCUT2D eigenvalue weighted by Gasteiger charge is -2.19. The van der Waals surface area contributed by atoms with Gasteiger partial charge in [-0.05, 0) is 46.2 Å². The molecule has 2 unspecified atom stereocenters. The van der Waals surface area contributed by atoms with E-state index >= 15 is 0 Å². The van der Waals surface area contributed by atoms with Crippen LogP contribution in [0, 0.1) is 20.8 Å². The Morgan fingerprint density at radius 2 is 1.92 bits per heavy atom. The van der Waals surface area contributed by atoms with E-state index in [1.165, 1.54) is 0 Å². The van der Waals surface area contributed by atoms with Crippen molar-refractivity contribution < 1.29 is 9.53 Å². The van der Waals surface area contributed by atoms with Crippen molar-refractivity contribution in [3.05, 3.63) is 46.8 Å². The molecule has 0 bridgehead atoms. The summed E-state index contributed by atoms with van der Waals surface area (Å²) < 4.78 is 7.62. The van der Waals surface area contributed by atoms with Crippen LogP contribution in [-0.2, 0) is 11.8 Å². The minimum absolute atomic E-state index is 0.00455. The first-order valence-electron chi connectivity index (χ1n) is 8.30. The van der Waals surface area contributed by atoms with E-state index in [-0.39, 0.29) is 17.9 Å². The smallest absolute Gasteiger partial charge is 0.227 e. The van der Waals surface area contributed by atoms with Crippen LogP contribution in [0.1, 0.15) is 42.3 Å². The number of aryl methyl sites for hydroxylation is 3. The zero-order valence-electron chi connectivity index (χ0n) is 15.4. The van der Waals surface area contributed by atoms with Crippen LogP contribution in [0.25, 0.3) is 0 Å². The molecule has 5 heteroatoms. The molecule has 2 atom stereocenters. The Hall–Kier alpha value is -2.30. The highest BCUT2D eigenvalue weighted by molar-refractivity contribution is 5.84. The van der Waals surface area contributed by atoms with Gasteiger partial charge in [-0.2, -0.15) is 5.10 Å². The number of hydrogen-bond donors (Lipinski definition) is 1. The summed E-state index contributed by atoms with van der Waals surface area (Å²) in [5.74, 6) is 0.611. The number of aromatic nitrogens is 2. The molecule has 2 rings (SSSR count). The van der Waals surface area contributed by atoms with Crippen molar-refractivity contribution in [1.29, 1.82) is 0 Å². The Morgan fingerprint density at radius 3 is 2.50 bits per heavy atom. The SMILES string of the molecule is Cc1ccccc1OCC(C)NC(=O)C(C)c1c(C)nn(C)c1C. The van der Waals surface area contributed by atoms with E-state index in [1.54, 1.807) is 0 Å². The first-order chi connectivity index (χ1) is 11.3. The lowest BCUT2D eigenvalue weighted by molar-refractivity contribution is -0.123. The summed E-state index contributed by atoms with van der Waals surface area (Å²) in [6.07, 6.45) is 0. The third-order valence-corrected chi connectivity index (χ3v) is 4.36. The molecule has 0 fully saturated rings. The van der Waals surface area contributed by atoms with Crippen LogP contribution in [0.5, 0.6) is 5.75 Å². The number of carbonyl (C=O) groups excluding carboxylic acids is 1. The number of ether oxygens (including phenoxy) is 1. The second-order valence-electron chi connectivity index (χ2n) is 6.42. The first-order valence-corrected chi connectivity index (χ1v) is 8.30. The average Bonchev–Trinajstić information content (AvgIpc) is 2.78. The largest absolute Gasteiger partial charge is 0.491 e. The molecule has 1 aromatic heterocycles. The maximum atomic E-state index is 12.5. The van der Waals surface area contributed by atoms with Crippen molar-refractivity contribution >= 4 is 5.91 Å². The second kappa shape index (κ2) is 7.51. The van der Waals surface area contributed by atoms with Gasteiger partial charge in [-0.15, -0.1) is 0 Å². The maximum absolute atomic E-state index is 12.5. The van der Waals surface area contributed by atoms with Crippen molar-refractivity contribution in [2.45, 2.75) is 46.6 Å². The number of nitrogens with one attached hydrogen (secondary N) is 1. The Labute approximate surface area is 144 Å². The molecule has 2 aromatic rings. The fourth-order valence-corrected chi connectivity index (χ4v) is 2.89. The van der Waals surface area contributed by atoms with Gasteiger partial charge in [0.1, 0.15) is 12.4 Å². The highest BCUT2D eigenvalue weighted by Crippen LogP contribution is 2.23. The number of hydrogen-bond acceptors (Lipinski definition) is 3. The fraction of sp³-hybridized carbons (Fsp3) is 0.474. The van der Waals surface area contributed by atoms with Crippen LogP contribution in [-0.4, -0.2) is 28.3 Å². The maximum Gasteiger partial charge on any atom is 0.227 e. The summed E-state index contributed by atoms with van der Waals surface area (Å²) in [5, 5.41) is 7.42. The van der Waals surface area contributed by atoms with Crippen LogP contribution in [0.3, 0.4) is 0 Å².